The molecule has 0 aliphatic carbocycles. The topological polar surface area (TPSA) is 66.8 Å². The molecule has 0 unspecified atom stereocenters. The minimum Gasteiger partial charge on any atom is -0.479 e. The van der Waals surface area contributed by atoms with Crippen molar-refractivity contribution in [3.05, 3.63) is 0 Å². The summed E-state index contributed by atoms with van der Waals surface area (Å²) in [6, 6.07) is 0. The van der Waals surface area contributed by atoms with E-state index >= 15 is 0 Å². The Morgan fingerprint density at radius 3 is 2.56 bits per heavy atom. The van der Waals surface area contributed by atoms with E-state index in [1.165, 1.54) is 4.90 Å². The minimum absolute atomic E-state index is 0.130. The average molecular weight is 253 g/mol. The molecule has 0 aromatic rings. The van der Waals surface area contributed by atoms with Crippen molar-refractivity contribution in [1.82, 2.24) is 4.90 Å². The molecule has 0 spiro atoms. The van der Waals surface area contributed by atoms with Gasteiger partial charge in [-0.3, -0.25) is 4.90 Å². The van der Waals surface area contributed by atoms with Crippen LogP contribution in [0.15, 0.2) is 0 Å². The maximum atomic E-state index is 12.2. The fourth-order valence-corrected chi connectivity index (χ4v) is 2.12. The van der Waals surface area contributed by atoms with Gasteiger partial charge in [0.2, 0.25) is 5.54 Å². The summed E-state index contributed by atoms with van der Waals surface area (Å²) < 4.78 is 5.23. The number of terminal acetylenes is 1. The molecule has 1 aliphatic rings. The van der Waals surface area contributed by atoms with Crippen molar-refractivity contribution in [3.8, 4) is 12.3 Å². The van der Waals surface area contributed by atoms with Gasteiger partial charge in [0.05, 0.1) is 6.54 Å². The first-order chi connectivity index (χ1) is 8.24. The van der Waals surface area contributed by atoms with Gasteiger partial charge in [-0.15, -0.1) is 6.42 Å². The molecule has 1 saturated heterocycles. The Balaban J connectivity index is 3.04. The van der Waals surface area contributed by atoms with E-state index < -0.39 is 23.1 Å². The second-order valence-electron chi connectivity index (χ2n) is 5.40. The van der Waals surface area contributed by atoms with E-state index in [2.05, 4.69) is 5.92 Å². The molecule has 0 bridgehead atoms. The first-order valence-corrected chi connectivity index (χ1v) is 5.89. The van der Waals surface area contributed by atoms with Crippen LogP contribution in [0.25, 0.3) is 0 Å². The molecule has 100 valence electrons. The zero-order valence-electron chi connectivity index (χ0n) is 11.0. The Hall–Kier alpha value is -1.54. The summed E-state index contributed by atoms with van der Waals surface area (Å²) in [5.41, 5.74) is -2.34. The number of carboxylic acids is 1. The number of carbonyl (C=O) groups excluding carboxylic acids is 1. The molecule has 0 saturated carbocycles. The van der Waals surface area contributed by atoms with Gasteiger partial charge in [-0.2, -0.15) is 0 Å². The highest BCUT2D eigenvalue weighted by atomic mass is 16.6. The molecule has 5 nitrogen and oxygen atoms in total. The summed E-state index contributed by atoms with van der Waals surface area (Å²) in [4.78, 5) is 25.2. The van der Waals surface area contributed by atoms with Crippen molar-refractivity contribution in [2.45, 2.75) is 44.8 Å². The third-order valence-corrected chi connectivity index (χ3v) is 2.88. The molecule has 1 aliphatic heterocycles. The fraction of sp³-hybridized carbons (Fsp3) is 0.692. The van der Waals surface area contributed by atoms with Crippen LogP contribution >= 0.6 is 0 Å². The first kappa shape index (κ1) is 14.5. The van der Waals surface area contributed by atoms with Crippen LogP contribution in [0, 0.1) is 12.3 Å². The molecule has 0 amide bonds. The van der Waals surface area contributed by atoms with Crippen LogP contribution < -0.4 is 0 Å². The average Bonchev–Trinajstić information content (AvgIpc) is 2.60. The maximum absolute atomic E-state index is 12.2. The van der Waals surface area contributed by atoms with Crippen LogP contribution in [-0.2, 0) is 14.3 Å². The van der Waals surface area contributed by atoms with Crippen molar-refractivity contribution in [1.29, 1.82) is 0 Å². The highest BCUT2D eigenvalue weighted by Crippen LogP contribution is 2.32. The van der Waals surface area contributed by atoms with Gasteiger partial charge in [0, 0.05) is 6.54 Å². The molecule has 1 heterocycles. The van der Waals surface area contributed by atoms with Crippen molar-refractivity contribution < 1.29 is 19.4 Å². The van der Waals surface area contributed by atoms with Gasteiger partial charge < -0.3 is 9.84 Å². The third-order valence-electron chi connectivity index (χ3n) is 2.88. The lowest BCUT2D eigenvalue weighted by Crippen LogP contribution is -2.58. The number of likely N-dealkylation sites (tertiary alicyclic amines) is 1. The molecule has 1 rings (SSSR count). The van der Waals surface area contributed by atoms with E-state index in [1.54, 1.807) is 20.8 Å². The maximum Gasteiger partial charge on any atom is 0.338 e. The van der Waals surface area contributed by atoms with E-state index in [4.69, 9.17) is 11.2 Å². The van der Waals surface area contributed by atoms with Crippen LogP contribution in [0.2, 0.25) is 0 Å². The van der Waals surface area contributed by atoms with Gasteiger partial charge in [-0.05, 0) is 33.6 Å². The van der Waals surface area contributed by atoms with E-state index in [1.807, 2.05) is 0 Å². The zero-order valence-corrected chi connectivity index (χ0v) is 11.0. The molecule has 1 atom stereocenters. The van der Waals surface area contributed by atoms with Crippen molar-refractivity contribution in [3.63, 3.8) is 0 Å². The summed E-state index contributed by atoms with van der Waals surface area (Å²) in [6.07, 6.45) is 6.07. The molecule has 1 fully saturated rings. The van der Waals surface area contributed by atoms with Gasteiger partial charge >= 0.3 is 11.9 Å². The molecule has 0 radical (unpaired) electrons. The highest BCUT2D eigenvalue weighted by molar-refractivity contribution is 6.04. The highest BCUT2D eigenvalue weighted by Gasteiger charge is 2.56. The monoisotopic (exact) mass is 253 g/mol. The molecule has 1 N–H and O–H groups in total. The number of rotatable bonds is 3. The van der Waals surface area contributed by atoms with E-state index in [-0.39, 0.29) is 13.0 Å². The van der Waals surface area contributed by atoms with Crippen molar-refractivity contribution in [2.24, 2.45) is 0 Å². The lowest BCUT2D eigenvalue weighted by Gasteiger charge is -2.33. The zero-order chi connectivity index (χ0) is 14.0. The Bertz CT molecular complexity index is 391. The van der Waals surface area contributed by atoms with Gasteiger partial charge in [0.1, 0.15) is 5.60 Å². The Labute approximate surface area is 107 Å². The van der Waals surface area contributed by atoms with Gasteiger partial charge in [-0.25, -0.2) is 9.59 Å². The number of nitrogens with zero attached hydrogens (tertiary/aromatic N) is 1. The van der Waals surface area contributed by atoms with Crippen LogP contribution in [0.1, 0.15) is 33.6 Å². The molecule has 5 heteroatoms. The van der Waals surface area contributed by atoms with Crippen molar-refractivity contribution >= 4 is 11.9 Å². The lowest BCUT2D eigenvalue weighted by molar-refractivity contribution is -0.177. The number of hydrogen-bond donors (Lipinski definition) is 1. The normalized spacial score (nSPS) is 24.6. The largest absolute Gasteiger partial charge is 0.479 e. The predicted molar refractivity (Wildman–Crippen MR) is 65.9 cm³/mol. The second-order valence-corrected chi connectivity index (χ2v) is 5.40. The van der Waals surface area contributed by atoms with E-state index in [9.17, 15) is 14.7 Å². The molecular formula is C13H19NO4. The SMILES string of the molecule is C#CCN1CCC[C@]1(C(=O)O)C(=O)OC(C)(C)C. The first-order valence-electron chi connectivity index (χ1n) is 5.89. The quantitative estimate of drug-likeness (QED) is 0.459. The minimum atomic E-state index is -1.63. The van der Waals surface area contributed by atoms with Gasteiger partial charge in [0.25, 0.3) is 0 Å². The van der Waals surface area contributed by atoms with Crippen LogP contribution in [-0.4, -0.2) is 46.2 Å². The summed E-state index contributed by atoms with van der Waals surface area (Å²) in [5, 5.41) is 9.42. The Kier molecular flexibility index (Phi) is 4.02. The Morgan fingerprint density at radius 1 is 1.50 bits per heavy atom. The number of carbonyl (C=O) groups is 2. The molecule has 0 aromatic carbocycles. The number of carboxylic acid groups (broad SMARTS) is 1. The Morgan fingerprint density at radius 2 is 2.11 bits per heavy atom. The summed E-state index contributed by atoms with van der Waals surface area (Å²) in [7, 11) is 0. The van der Waals surface area contributed by atoms with Crippen LogP contribution in [0.5, 0.6) is 0 Å². The second kappa shape index (κ2) is 4.99. The summed E-state index contributed by atoms with van der Waals surface area (Å²) >= 11 is 0. The van der Waals surface area contributed by atoms with E-state index in [0.717, 1.165) is 0 Å². The number of hydrogen-bond acceptors (Lipinski definition) is 4. The molecular weight excluding hydrogens is 234 g/mol. The van der Waals surface area contributed by atoms with Crippen LogP contribution in [0.3, 0.4) is 0 Å². The molecule has 18 heavy (non-hydrogen) atoms. The fourth-order valence-electron chi connectivity index (χ4n) is 2.12. The predicted octanol–water partition coefficient (Wildman–Crippen LogP) is 0.880. The lowest BCUT2D eigenvalue weighted by atomic mass is 9.96. The summed E-state index contributed by atoms with van der Waals surface area (Å²) in [6.45, 7) is 5.75. The van der Waals surface area contributed by atoms with E-state index in [0.29, 0.717) is 13.0 Å². The number of esters is 1. The standard InChI is InChI=1S/C13H19NO4/c1-5-8-14-9-6-7-13(14,10(15)16)11(17)18-12(2,3)4/h1H,6-9H2,2-4H3,(H,15,16)/t13-/m0/s1. The molecule has 0 aromatic heterocycles. The number of ether oxygens (including phenoxy) is 1. The van der Waals surface area contributed by atoms with Gasteiger partial charge in [-0.1, -0.05) is 5.92 Å². The third kappa shape index (κ3) is 2.65. The smallest absolute Gasteiger partial charge is 0.338 e. The number of aliphatic carboxylic acids is 1. The summed E-state index contributed by atoms with van der Waals surface area (Å²) in [5.74, 6) is 0.475. The van der Waals surface area contributed by atoms with Crippen molar-refractivity contribution in [2.75, 3.05) is 13.1 Å². The van der Waals surface area contributed by atoms with Crippen LogP contribution in [0.4, 0.5) is 0 Å². The van der Waals surface area contributed by atoms with Gasteiger partial charge in [0.15, 0.2) is 0 Å².